The second kappa shape index (κ2) is 7.68. The number of nitrogens with zero attached hydrogens (tertiary/aromatic N) is 1. The Labute approximate surface area is 148 Å². The highest BCUT2D eigenvalue weighted by atomic mass is 16.4. The van der Waals surface area contributed by atoms with Gasteiger partial charge in [-0.1, -0.05) is 26.0 Å². The average molecular weight is 346 g/mol. The van der Waals surface area contributed by atoms with E-state index in [2.05, 4.69) is 5.32 Å². The van der Waals surface area contributed by atoms with Crippen LogP contribution in [0.4, 0.5) is 5.69 Å². The molecule has 2 amide bonds. The first-order chi connectivity index (χ1) is 11.7. The van der Waals surface area contributed by atoms with E-state index in [0.29, 0.717) is 18.3 Å². The van der Waals surface area contributed by atoms with E-state index in [0.717, 1.165) is 18.4 Å². The second-order valence-electron chi connectivity index (χ2n) is 7.53. The van der Waals surface area contributed by atoms with E-state index < -0.39 is 11.4 Å². The maximum Gasteiger partial charge on any atom is 0.303 e. The van der Waals surface area contributed by atoms with Crippen LogP contribution >= 0.6 is 0 Å². The summed E-state index contributed by atoms with van der Waals surface area (Å²) in [6.07, 6.45) is 2.22. The number of hydrogen-bond acceptors (Lipinski definition) is 3. The molecule has 6 heteroatoms. The molecule has 1 fully saturated rings. The van der Waals surface area contributed by atoms with Gasteiger partial charge >= 0.3 is 5.97 Å². The van der Waals surface area contributed by atoms with Gasteiger partial charge in [-0.15, -0.1) is 0 Å². The van der Waals surface area contributed by atoms with Crippen LogP contribution in [0.5, 0.6) is 0 Å². The second-order valence-corrected chi connectivity index (χ2v) is 7.53. The molecule has 6 nitrogen and oxygen atoms in total. The summed E-state index contributed by atoms with van der Waals surface area (Å²) in [5.41, 5.74) is 1.09. The van der Waals surface area contributed by atoms with E-state index in [1.165, 1.54) is 0 Å². The Bertz CT molecular complexity index is 648. The van der Waals surface area contributed by atoms with Gasteiger partial charge in [0.05, 0.1) is 6.42 Å². The van der Waals surface area contributed by atoms with Crippen LogP contribution in [0.3, 0.4) is 0 Å². The van der Waals surface area contributed by atoms with E-state index in [1.54, 1.807) is 20.8 Å². The predicted molar refractivity (Wildman–Crippen MR) is 95.0 cm³/mol. The topological polar surface area (TPSA) is 86.7 Å². The Morgan fingerprint density at radius 1 is 1.16 bits per heavy atom. The van der Waals surface area contributed by atoms with Gasteiger partial charge in [0.15, 0.2) is 0 Å². The van der Waals surface area contributed by atoms with Gasteiger partial charge in [0.1, 0.15) is 0 Å². The van der Waals surface area contributed by atoms with Crippen LogP contribution in [-0.4, -0.2) is 33.8 Å². The molecule has 1 saturated carbocycles. The van der Waals surface area contributed by atoms with Gasteiger partial charge in [-0.2, -0.15) is 0 Å². The van der Waals surface area contributed by atoms with Crippen LogP contribution < -0.4 is 5.32 Å². The summed E-state index contributed by atoms with van der Waals surface area (Å²) in [7, 11) is 0. The molecular weight excluding hydrogens is 320 g/mol. The van der Waals surface area contributed by atoms with Crippen LogP contribution in [0.25, 0.3) is 0 Å². The SMILES string of the molecule is CC(=O)N(Cc1ccc(NC(=O)CC(C)(C)CC(=O)O)cc1)C1CC1. The highest BCUT2D eigenvalue weighted by molar-refractivity contribution is 5.91. The molecule has 0 spiro atoms. The molecule has 2 rings (SSSR count). The molecule has 0 bridgehead atoms. The van der Waals surface area contributed by atoms with E-state index in [9.17, 15) is 14.4 Å². The fourth-order valence-corrected chi connectivity index (χ4v) is 2.89. The maximum absolute atomic E-state index is 12.1. The minimum Gasteiger partial charge on any atom is -0.481 e. The Morgan fingerprint density at radius 2 is 1.76 bits per heavy atom. The Balaban J connectivity index is 1.90. The molecular formula is C19H26N2O4. The molecule has 1 aromatic carbocycles. The molecule has 0 aliphatic heterocycles. The van der Waals surface area contributed by atoms with Gasteiger partial charge in [0.2, 0.25) is 11.8 Å². The van der Waals surface area contributed by atoms with Gasteiger partial charge in [-0.3, -0.25) is 14.4 Å². The summed E-state index contributed by atoms with van der Waals surface area (Å²) < 4.78 is 0. The number of hydrogen-bond donors (Lipinski definition) is 2. The summed E-state index contributed by atoms with van der Waals surface area (Å²) in [6, 6.07) is 7.78. The number of nitrogens with one attached hydrogen (secondary N) is 1. The number of carboxylic acids is 1. The van der Waals surface area contributed by atoms with Crippen molar-refractivity contribution < 1.29 is 19.5 Å². The number of carbonyl (C=O) groups is 3. The largest absolute Gasteiger partial charge is 0.481 e. The molecule has 0 atom stereocenters. The Hall–Kier alpha value is -2.37. The molecule has 136 valence electrons. The van der Waals surface area contributed by atoms with E-state index in [1.807, 2.05) is 29.2 Å². The summed E-state index contributed by atoms with van der Waals surface area (Å²) in [5.74, 6) is -1.03. The van der Waals surface area contributed by atoms with E-state index >= 15 is 0 Å². The lowest BCUT2D eigenvalue weighted by Crippen LogP contribution is -2.30. The molecule has 0 aromatic heterocycles. The van der Waals surface area contributed by atoms with Crippen LogP contribution in [0.1, 0.15) is 52.0 Å². The minimum absolute atomic E-state index is 0.0542. The molecule has 1 aromatic rings. The normalized spacial score (nSPS) is 14.0. The summed E-state index contributed by atoms with van der Waals surface area (Å²) in [5, 5.41) is 11.7. The first-order valence-corrected chi connectivity index (χ1v) is 8.54. The lowest BCUT2D eigenvalue weighted by atomic mass is 9.85. The fourth-order valence-electron chi connectivity index (χ4n) is 2.89. The molecule has 25 heavy (non-hydrogen) atoms. The van der Waals surface area contributed by atoms with Gasteiger partial charge in [-0.05, 0) is 36.0 Å². The highest BCUT2D eigenvalue weighted by Crippen LogP contribution is 2.29. The minimum atomic E-state index is -0.909. The molecule has 2 N–H and O–H groups in total. The number of carboxylic acid groups (broad SMARTS) is 1. The third-order valence-electron chi connectivity index (χ3n) is 4.25. The summed E-state index contributed by atoms with van der Waals surface area (Å²) >= 11 is 0. The standard InChI is InChI=1S/C19H26N2O4/c1-13(22)21(16-8-9-16)12-14-4-6-15(7-5-14)20-17(23)10-19(2,3)11-18(24)25/h4-7,16H,8-12H2,1-3H3,(H,20,23)(H,24,25). The molecule has 0 unspecified atom stereocenters. The van der Waals surface area contributed by atoms with Crippen molar-refractivity contribution in [1.29, 1.82) is 0 Å². The lowest BCUT2D eigenvalue weighted by Gasteiger charge is -2.22. The van der Waals surface area contributed by atoms with Gasteiger partial charge < -0.3 is 15.3 Å². The highest BCUT2D eigenvalue weighted by Gasteiger charge is 2.30. The van der Waals surface area contributed by atoms with Crippen molar-refractivity contribution in [2.75, 3.05) is 5.32 Å². The first kappa shape index (κ1) is 19.0. The van der Waals surface area contributed by atoms with E-state index in [-0.39, 0.29) is 24.7 Å². The van der Waals surface area contributed by atoms with Gasteiger partial charge in [0.25, 0.3) is 0 Å². The van der Waals surface area contributed by atoms with Crippen LogP contribution in [0.2, 0.25) is 0 Å². The van der Waals surface area contributed by atoms with Crippen LogP contribution in [-0.2, 0) is 20.9 Å². The number of amides is 2. The van der Waals surface area contributed by atoms with Crippen molar-refractivity contribution in [1.82, 2.24) is 4.90 Å². The zero-order valence-corrected chi connectivity index (χ0v) is 15.0. The van der Waals surface area contributed by atoms with Gasteiger partial charge in [0, 0.05) is 31.6 Å². The quantitative estimate of drug-likeness (QED) is 0.757. The summed E-state index contributed by atoms with van der Waals surface area (Å²) in [6.45, 7) is 5.70. The van der Waals surface area contributed by atoms with E-state index in [4.69, 9.17) is 5.11 Å². The van der Waals surface area contributed by atoms with Crippen LogP contribution in [0.15, 0.2) is 24.3 Å². The van der Waals surface area contributed by atoms with Crippen molar-refractivity contribution in [3.63, 3.8) is 0 Å². The van der Waals surface area contributed by atoms with Crippen molar-refractivity contribution in [3.8, 4) is 0 Å². The van der Waals surface area contributed by atoms with Crippen molar-refractivity contribution in [2.45, 2.75) is 59.0 Å². The molecule has 1 aliphatic rings. The predicted octanol–water partition coefficient (Wildman–Crippen LogP) is 3.03. The van der Waals surface area contributed by atoms with Crippen molar-refractivity contribution in [3.05, 3.63) is 29.8 Å². The monoisotopic (exact) mass is 346 g/mol. The van der Waals surface area contributed by atoms with Crippen LogP contribution in [0, 0.1) is 5.41 Å². The fraction of sp³-hybridized carbons (Fsp3) is 0.526. The summed E-state index contributed by atoms with van der Waals surface area (Å²) in [4.78, 5) is 36.5. The molecule has 0 saturated heterocycles. The zero-order chi connectivity index (χ0) is 18.6. The lowest BCUT2D eigenvalue weighted by molar-refractivity contribution is -0.139. The smallest absolute Gasteiger partial charge is 0.303 e. The molecule has 1 aliphatic carbocycles. The number of rotatable bonds is 8. The maximum atomic E-state index is 12.1. The Morgan fingerprint density at radius 3 is 2.24 bits per heavy atom. The van der Waals surface area contributed by atoms with Crippen molar-refractivity contribution >= 4 is 23.5 Å². The van der Waals surface area contributed by atoms with Crippen molar-refractivity contribution in [2.24, 2.45) is 5.41 Å². The number of anilines is 1. The number of aliphatic carboxylic acids is 1. The third-order valence-corrected chi connectivity index (χ3v) is 4.25. The molecule has 0 heterocycles. The number of benzene rings is 1. The average Bonchev–Trinajstić information content (AvgIpc) is 3.28. The first-order valence-electron chi connectivity index (χ1n) is 8.54. The number of carbonyl (C=O) groups excluding carboxylic acids is 2. The third kappa shape index (κ3) is 6.21. The zero-order valence-electron chi connectivity index (χ0n) is 15.0. The Kier molecular flexibility index (Phi) is 5.82. The molecule has 0 radical (unpaired) electrons. The van der Waals surface area contributed by atoms with Gasteiger partial charge in [-0.25, -0.2) is 0 Å².